The minimum atomic E-state index is -0.166. The summed E-state index contributed by atoms with van der Waals surface area (Å²) in [5, 5.41) is 3.32. The number of benzene rings is 1. The monoisotopic (exact) mass is 304 g/mol. The lowest BCUT2D eigenvalue weighted by Gasteiger charge is -2.09. The Morgan fingerprint density at radius 3 is 2.71 bits per heavy atom. The molecule has 2 rings (SSSR count). The van der Waals surface area contributed by atoms with Crippen molar-refractivity contribution >= 4 is 29.0 Å². The first kappa shape index (κ1) is 15.1. The Balaban J connectivity index is 1.91. The Labute approximate surface area is 127 Å². The molecule has 1 aromatic heterocycles. The van der Waals surface area contributed by atoms with Crippen molar-refractivity contribution in [1.29, 1.82) is 0 Å². The fourth-order valence-electron chi connectivity index (χ4n) is 1.55. The normalized spacial score (nSPS) is 10.2. The Kier molecular flexibility index (Phi) is 4.99. The molecule has 0 radical (unpaired) electrons. The van der Waals surface area contributed by atoms with Gasteiger partial charge in [0.1, 0.15) is 5.75 Å². The van der Waals surface area contributed by atoms with Gasteiger partial charge in [-0.2, -0.15) is 0 Å². The molecule has 0 bridgehead atoms. The Hall–Kier alpha value is -2.28. The van der Waals surface area contributed by atoms with Crippen LogP contribution in [0.4, 0.5) is 11.4 Å². The third-order valence-corrected chi connectivity index (χ3v) is 3.50. The number of hydrogen-bond donors (Lipinski definition) is 2. The van der Waals surface area contributed by atoms with Crippen molar-refractivity contribution in [1.82, 2.24) is 9.97 Å². The van der Waals surface area contributed by atoms with Crippen LogP contribution in [-0.2, 0) is 4.79 Å². The number of nitrogen functional groups attached to an aromatic ring is 1. The Bertz CT molecular complexity index is 631. The SMILES string of the molecule is COc1ccc(NC(=O)CSc2ncc(C)cn2)c(N)c1. The minimum Gasteiger partial charge on any atom is -0.497 e. The van der Waals surface area contributed by atoms with Crippen molar-refractivity contribution in [2.45, 2.75) is 12.1 Å². The van der Waals surface area contributed by atoms with Gasteiger partial charge >= 0.3 is 0 Å². The van der Waals surface area contributed by atoms with Gasteiger partial charge in [-0.1, -0.05) is 11.8 Å². The van der Waals surface area contributed by atoms with Crippen LogP contribution in [0.25, 0.3) is 0 Å². The quantitative estimate of drug-likeness (QED) is 0.499. The molecule has 1 amide bonds. The Morgan fingerprint density at radius 2 is 2.10 bits per heavy atom. The van der Waals surface area contributed by atoms with Gasteiger partial charge in [0.05, 0.1) is 24.2 Å². The summed E-state index contributed by atoms with van der Waals surface area (Å²) in [5.41, 5.74) is 7.84. The second-order valence-corrected chi connectivity index (χ2v) is 5.28. The smallest absolute Gasteiger partial charge is 0.234 e. The van der Waals surface area contributed by atoms with Gasteiger partial charge in [-0.05, 0) is 24.6 Å². The molecular formula is C14H16N4O2S. The number of nitrogens with zero attached hydrogens (tertiary/aromatic N) is 2. The zero-order chi connectivity index (χ0) is 15.2. The summed E-state index contributed by atoms with van der Waals surface area (Å²) in [5.74, 6) is 0.697. The highest BCUT2D eigenvalue weighted by Gasteiger charge is 2.08. The molecule has 0 aliphatic carbocycles. The van der Waals surface area contributed by atoms with E-state index in [1.165, 1.54) is 11.8 Å². The van der Waals surface area contributed by atoms with Crippen LogP contribution in [-0.4, -0.2) is 28.7 Å². The van der Waals surface area contributed by atoms with Crippen molar-refractivity contribution in [2.75, 3.05) is 23.9 Å². The van der Waals surface area contributed by atoms with Crippen LogP contribution in [0.1, 0.15) is 5.56 Å². The molecule has 0 spiro atoms. The molecule has 2 aromatic rings. The predicted molar refractivity (Wildman–Crippen MR) is 83.5 cm³/mol. The molecule has 0 aliphatic heterocycles. The van der Waals surface area contributed by atoms with E-state index >= 15 is 0 Å². The molecule has 110 valence electrons. The van der Waals surface area contributed by atoms with E-state index in [9.17, 15) is 4.79 Å². The van der Waals surface area contributed by atoms with Crippen molar-refractivity contribution in [3.05, 3.63) is 36.2 Å². The van der Waals surface area contributed by atoms with Crippen LogP contribution in [0, 0.1) is 6.92 Å². The number of nitrogens with one attached hydrogen (secondary N) is 1. The van der Waals surface area contributed by atoms with Crippen LogP contribution in [0.15, 0.2) is 35.7 Å². The van der Waals surface area contributed by atoms with Crippen molar-refractivity contribution in [3.63, 3.8) is 0 Å². The first-order valence-corrected chi connectivity index (χ1v) is 7.22. The first-order chi connectivity index (χ1) is 10.1. The molecule has 0 fully saturated rings. The maximum Gasteiger partial charge on any atom is 0.234 e. The molecule has 1 aromatic carbocycles. The number of amides is 1. The lowest BCUT2D eigenvalue weighted by atomic mass is 10.2. The molecule has 1 heterocycles. The number of aryl methyl sites for hydroxylation is 1. The highest BCUT2D eigenvalue weighted by atomic mass is 32.2. The van der Waals surface area contributed by atoms with Crippen LogP contribution in [0.5, 0.6) is 5.75 Å². The minimum absolute atomic E-state index is 0.166. The van der Waals surface area contributed by atoms with Crippen molar-refractivity contribution in [2.24, 2.45) is 0 Å². The average molecular weight is 304 g/mol. The summed E-state index contributed by atoms with van der Waals surface area (Å²) in [6, 6.07) is 5.10. The van der Waals surface area contributed by atoms with Crippen LogP contribution in [0.2, 0.25) is 0 Å². The predicted octanol–water partition coefficient (Wildman–Crippen LogP) is 2.11. The zero-order valence-corrected chi connectivity index (χ0v) is 12.6. The van der Waals surface area contributed by atoms with E-state index in [0.717, 1.165) is 5.56 Å². The largest absolute Gasteiger partial charge is 0.497 e. The van der Waals surface area contributed by atoms with Crippen LogP contribution < -0.4 is 15.8 Å². The molecule has 0 atom stereocenters. The summed E-state index contributed by atoms with van der Waals surface area (Å²) < 4.78 is 5.06. The van der Waals surface area contributed by atoms with Crippen LogP contribution in [0.3, 0.4) is 0 Å². The second-order valence-electron chi connectivity index (χ2n) is 4.33. The van der Waals surface area contributed by atoms with Gasteiger partial charge in [0.15, 0.2) is 5.16 Å². The van der Waals surface area contributed by atoms with Crippen molar-refractivity contribution in [3.8, 4) is 5.75 Å². The fourth-order valence-corrected chi connectivity index (χ4v) is 2.14. The molecule has 0 saturated carbocycles. The number of carbonyl (C=O) groups is 1. The summed E-state index contributed by atoms with van der Waals surface area (Å²) in [6.45, 7) is 1.91. The van der Waals surface area contributed by atoms with Gasteiger partial charge in [-0.3, -0.25) is 4.79 Å². The van der Waals surface area contributed by atoms with Gasteiger partial charge in [0.2, 0.25) is 5.91 Å². The fraction of sp³-hybridized carbons (Fsp3) is 0.214. The summed E-state index contributed by atoms with van der Waals surface area (Å²) >= 11 is 1.27. The molecule has 0 unspecified atom stereocenters. The number of nitrogens with two attached hydrogens (primary N) is 1. The van der Waals surface area contributed by atoms with E-state index in [4.69, 9.17) is 10.5 Å². The molecule has 7 heteroatoms. The highest BCUT2D eigenvalue weighted by molar-refractivity contribution is 7.99. The van der Waals surface area contributed by atoms with Gasteiger partial charge in [0, 0.05) is 18.5 Å². The van der Waals surface area contributed by atoms with Gasteiger partial charge < -0.3 is 15.8 Å². The summed E-state index contributed by atoms with van der Waals surface area (Å²) in [4.78, 5) is 20.1. The number of rotatable bonds is 5. The van der Waals surface area contributed by atoms with Gasteiger partial charge in [-0.25, -0.2) is 9.97 Å². The van der Waals surface area contributed by atoms with Gasteiger partial charge in [-0.15, -0.1) is 0 Å². The number of methoxy groups -OCH3 is 1. The highest BCUT2D eigenvalue weighted by Crippen LogP contribution is 2.24. The van der Waals surface area contributed by atoms with Crippen molar-refractivity contribution < 1.29 is 9.53 Å². The zero-order valence-electron chi connectivity index (χ0n) is 11.8. The lowest BCUT2D eigenvalue weighted by Crippen LogP contribution is -2.15. The number of carbonyl (C=O) groups excluding carboxylic acids is 1. The molecule has 0 aliphatic rings. The van der Waals surface area contributed by atoms with E-state index in [-0.39, 0.29) is 11.7 Å². The van der Waals surface area contributed by atoms with E-state index in [0.29, 0.717) is 22.3 Å². The molecule has 6 nitrogen and oxygen atoms in total. The standard InChI is InChI=1S/C14H16N4O2S/c1-9-6-16-14(17-7-9)21-8-13(19)18-12-4-3-10(20-2)5-11(12)15/h3-7H,8,15H2,1-2H3,(H,18,19). The Morgan fingerprint density at radius 1 is 1.38 bits per heavy atom. The summed E-state index contributed by atoms with van der Waals surface area (Å²) in [6.07, 6.45) is 3.43. The second kappa shape index (κ2) is 6.94. The molecular weight excluding hydrogens is 288 g/mol. The molecule has 3 N–H and O–H groups in total. The topological polar surface area (TPSA) is 90.1 Å². The lowest BCUT2D eigenvalue weighted by molar-refractivity contribution is -0.113. The van der Waals surface area contributed by atoms with E-state index in [2.05, 4.69) is 15.3 Å². The maximum atomic E-state index is 11.9. The van der Waals surface area contributed by atoms with Crippen LogP contribution >= 0.6 is 11.8 Å². The number of aromatic nitrogens is 2. The van der Waals surface area contributed by atoms with E-state index < -0.39 is 0 Å². The first-order valence-electron chi connectivity index (χ1n) is 6.23. The molecule has 0 saturated heterocycles. The number of hydrogen-bond acceptors (Lipinski definition) is 6. The van der Waals surface area contributed by atoms with E-state index in [1.807, 2.05) is 6.92 Å². The summed E-state index contributed by atoms with van der Waals surface area (Å²) in [7, 11) is 1.56. The van der Waals surface area contributed by atoms with Gasteiger partial charge in [0.25, 0.3) is 0 Å². The third-order valence-electron chi connectivity index (χ3n) is 2.62. The molecule has 21 heavy (non-hydrogen) atoms. The van der Waals surface area contributed by atoms with E-state index in [1.54, 1.807) is 37.7 Å². The maximum absolute atomic E-state index is 11.9. The number of anilines is 2. The number of ether oxygens (including phenoxy) is 1. The third kappa shape index (κ3) is 4.35. The number of thioether (sulfide) groups is 1. The average Bonchev–Trinajstić information content (AvgIpc) is 2.48.